The third-order valence-corrected chi connectivity index (χ3v) is 8.69. The molecule has 1 aliphatic carbocycles. The van der Waals surface area contributed by atoms with E-state index in [0.717, 1.165) is 38.0 Å². The fraction of sp³-hybridized carbons (Fsp3) is 0.357. The molecule has 0 radical (unpaired) electrons. The van der Waals surface area contributed by atoms with Crippen LogP contribution in [0.5, 0.6) is 0 Å². The van der Waals surface area contributed by atoms with Crippen LogP contribution < -0.4 is 20.7 Å². The van der Waals surface area contributed by atoms with Crippen molar-refractivity contribution < 1.29 is 13.5 Å². The van der Waals surface area contributed by atoms with Crippen LogP contribution in [-0.2, 0) is 23.1 Å². The summed E-state index contributed by atoms with van der Waals surface area (Å²) in [5, 5.41) is 15.2. The predicted octanol–water partition coefficient (Wildman–Crippen LogP) is 1.95. The summed E-state index contributed by atoms with van der Waals surface area (Å²) in [5.41, 5.74) is 11.2. The number of aromatic nitrogens is 2. The van der Waals surface area contributed by atoms with Gasteiger partial charge < -0.3 is 20.6 Å². The van der Waals surface area contributed by atoms with Gasteiger partial charge in [0.05, 0.1) is 24.2 Å². The number of aliphatic hydroxyl groups excluding tert-OH is 1. The highest BCUT2D eigenvalue weighted by atomic mass is 32.2. The molecular weight excluding hydrogens is 500 g/mol. The molecule has 1 atom stereocenters. The molecule has 2 aliphatic rings. The van der Waals surface area contributed by atoms with Gasteiger partial charge in [-0.05, 0) is 66.0 Å². The fourth-order valence-corrected chi connectivity index (χ4v) is 6.07. The highest BCUT2D eigenvalue weighted by Gasteiger charge is 2.46. The highest BCUT2D eigenvalue weighted by molar-refractivity contribution is 7.89. The molecule has 38 heavy (non-hydrogen) atoms. The standard InChI is InChI=1S/C28H32N6O3S/c1-33(22-8-10-23(11-9-22)38(30,36)37)14-4-6-21-18-31-27(25(19-35)32-21)34-15-12-28(13-16-34)17-20-5-2-3-7-24(20)26(28)29/h2-3,5,7-11,18,26,35H,12-17,19,29H2,1H3,(H2,30,36,37)/t26-/m1/s1. The average molecular weight is 533 g/mol. The van der Waals surface area contributed by atoms with Crippen molar-refractivity contribution in [3.8, 4) is 11.8 Å². The molecule has 1 saturated heterocycles. The van der Waals surface area contributed by atoms with Crippen molar-refractivity contribution >= 4 is 21.5 Å². The molecule has 0 amide bonds. The van der Waals surface area contributed by atoms with Crippen LogP contribution in [0.3, 0.4) is 0 Å². The lowest BCUT2D eigenvalue weighted by atomic mass is 9.73. The normalized spacial score (nSPS) is 18.1. The van der Waals surface area contributed by atoms with Crippen LogP contribution in [0.2, 0.25) is 0 Å². The van der Waals surface area contributed by atoms with Crippen molar-refractivity contribution in [2.24, 2.45) is 16.3 Å². The smallest absolute Gasteiger partial charge is 0.238 e. The predicted molar refractivity (Wildman–Crippen MR) is 147 cm³/mol. The molecule has 5 N–H and O–H groups in total. The van der Waals surface area contributed by atoms with E-state index in [4.69, 9.17) is 10.9 Å². The van der Waals surface area contributed by atoms with Crippen LogP contribution in [0.1, 0.15) is 41.4 Å². The Balaban J connectivity index is 1.23. The Bertz CT molecular complexity index is 1490. The second-order valence-electron chi connectivity index (χ2n) is 10.1. The Labute approximate surface area is 223 Å². The van der Waals surface area contributed by atoms with E-state index in [2.05, 4.69) is 51.0 Å². The minimum Gasteiger partial charge on any atom is -0.390 e. The van der Waals surface area contributed by atoms with Gasteiger partial charge >= 0.3 is 0 Å². The number of hydrogen-bond donors (Lipinski definition) is 3. The molecule has 9 nitrogen and oxygen atoms in total. The molecular formula is C28H32N6O3S. The van der Waals surface area contributed by atoms with Crippen LogP contribution in [0.15, 0.2) is 59.6 Å². The number of sulfonamides is 1. The molecule has 0 unspecified atom stereocenters. The molecule has 3 aromatic rings. The first-order chi connectivity index (χ1) is 18.2. The molecule has 2 heterocycles. The third kappa shape index (κ3) is 5.11. The lowest BCUT2D eigenvalue weighted by Gasteiger charge is -2.42. The zero-order valence-corrected chi connectivity index (χ0v) is 22.2. The van der Waals surface area contributed by atoms with Gasteiger partial charge in [0, 0.05) is 31.9 Å². The zero-order chi connectivity index (χ0) is 26.9. The summed E-state index contributed by atoms with van der Waals surface area (Å²) in [6, 6.07) is 14.8. The maximum Gasteiger partial charge on any atom is 0.238 e. The van der Waals surface area contributed by atoms with E-state index in [1.54, 1.807) is 18.3 Å². The van der Waals surface area contributed by atoms with Gasteiger partial charge in [-0.1, -0.05) is 30.2 Å². The van der Waals surface area contributed by atoms with Crippen molar-refractivity contribution in [1.29, 1.82) is 0 Å². The molecule has 5 rings (SSSR count). The average Bonchev–Trinajstić information content (AvgIpc) is 3.19. The number of nitrogens with two attached hydrogens (primary N) is 2. The van der Waals surface area contributed by atoms with E-state index in [0.29, 0.717) is 23.8 Å². The Morgan fingerprint density at radius 1 is 1.16 bits per heavy atom. The van der Waals surface area contributed by atoms with Gasteiger partial charge in [0.15, 0.2) is 5.82 Å². The van der Waals surface area contributed by atoms with Crippen molar-refractivity contribution in [3.63, 3.8) is 0 Å². The summed E-state index contributed by atoms with van der Waals surface area (Å²) in [7, 11) is -1.87. The lowest BCUT2D eigenvalue weighted by molar-refractivity contribution is 0.186. The fourth-order valence-electron chi connectivity index (χ4n) is 5.55. The number of piperidine rings is 1. The van der Waals surface area contributed by atoms with Gasteiger partial charge in [0.2, 0.25) is 10.0 Å². The number of fused-ring (bicyclic) bond motifs is 1. The molecule has 1 fully saturated rings. The summed E-state index contributed by atoms with van der Waals surface area (Å²) in [6.45, 7) is 1.79. The van der Waals surface area contributed by atoms with E-state index >= 15 is 0 Å². The molecule has 0 bridgehead atoms. The Morgan fingerprint density at radius 2 is 1.87 bits per heavy atom. The molecule has 1 spiro atoms. The highest BCUT2D eigenvalue weighted by Crippen LogP contribution is 2.51. The first-order valence-corrected chi connectivity index (χ1v) is 14.1. The monoisotopic (exact) mass is 532 g/mol. The van der Waals surface area contributed by atoms with Crippen LogP contribution in [-0.4, -0.2) is 50.2 Å². The van der Waals surface area contributed by atoms with E-state index in [9.17, 15) is 13.5 Å². The van der Waals surface area contributed by atoms with Crippen LogP contribution in [0.25, 0.3) is 0 Å². The number of aliphatic hydroxyl groups is 1. The first kappa shape index (κ1) is 26.1. The lowest BCUT2D eigenvalue weighted by Crippen LogP contribution is -2.45. The maximum absolute atomic E-state index is 11.4. The van der Waals surface area contributed by atoms with Gasteiger partial charge in [-0.25, -0.2) is 23.5 Å². The molecule has 198 valence electrons. The number of benzene rings is 2. The van der Waals surface area contributed by atoms with Gasteiger partial charge in [-0.15, -0.1) is 0 Å². The van der Waals surface area contributed by atoms with Crippen molar-refractivity contribution in [2.45, 2.75) is 36.8 Å². The summed E-state index contributed by atoms with van der Waals surface area (Å²) >= 11 is 0. The zero-order valence-electron chi connectivity index (χ0n) is 21.3. The second kappa shape index (κ2) is 10.3. The first-order valence-electron chi connectivity index (χ1n) is 12.6. The Hall–Kier alpha value is -3.49. The summed E-state index contributed by atoms with van der Waals surface area (Å²) < 4.78 is 22.9. The number of primary sulfonamides is 1. The Morgan fingerprint density at radius 3 is 2.53 bits per heavy atom. The van der Waals surface area contributed by atoms with Crippen LogP contribution >= 0.6 is 0 Å². The molecule has 1 aromatic heterocycles. The van der Waals surface area contributed by atoms with E-state index in [-0.39, 0.29) is 23.0 Å². The molecule has 1 aliphatic heterocycles. The van der Waals surface area contributed by atoms with Gasteiger partial charge in [-0.3, -0.25) is 0 Å². The summed E-state index contributed by atoms with van der Waals surface area (Å²) in [6.07, 6.45) is 4.57. The number of nitrogens with zero attached hydrogens (tertiary/aromatic N) is 4. The molecule has 10 heteroatoms. The van der Waals surface area contributed by atoms with Crippen molar-refractivity contribution in [2.75, 3.05) is 36.5 Å². The SMILES string of the molecule is CN(CC#Cc1cnc(N2CCC3(CC2)Cc2ccccc2[C@H]3N)c(CO)n1)c1ccc(S(N)(=O)=O)cc1. The van der Waals surface area contributed by atoms with E-state index in [1.807, 2.05) is 11.9 Å². The summed E-state index contributed by atoms with van der Waals surface area (Å²) in [5.74, 6) is 6.78. The van der Waals surface area contributed by atoms with Crippen LogP contribution in [0, 0.1) is 17.3 Å². The third-order valence-electron chi connectivity index (χ3n) is 7.76. The molecule has 0 saturated carbocycles. The van der Waals surface area contributed by atoms with Gasteiger partial charge in [0.25, 0.3) is 0 Å². The van der Waals surface area contributed by atoms with Crippen molar-refractivity contribution in [3.05, 3.63) is 77.2 Å². The van der Waals surface area contributed by atoms with E-state index < -0.39 is 10.0 Å². The molecule has 2 aromatic carbocycles. The van der Waals surface area contributed by atoms with Gasteiger partial charge in [0.1, 0.15) is 11.4 Å². The largest absolute Gasteiger partial charge is 0.390 e. The maximum atomic E-state index is 11.4. The van der Waals surface area contributed by atoms with Crippen LogP contribution in [0.4, 0.5) is 11.5 Å². The number of rotatable bonds is 5. The number of anilines is 2. The Kier molecular flexibility index (Phi) is 7.11. The van der Waals surface area contributed by atoms with Crippen molar-refractivity contribution in [1.82, 2.24) is 9.97 Å². The second-order valence-corrected chi connectivity index (χ2v) is 11.6. The van der Waals surface area contributed by atoms with E-state index in [1.165, 1.54) is 23.3 Å². The quantitative estimate of drug-likeness (QED) is 0.424. The minimum atomic E-state index is -3.73. The number of hydrogen-bond acceptors (Lipinski definition) is 8. The topological polar surface area (TPSA) is 139 Å². The minimum absolute atomic E-state index is 0.0478. The summed E-state index contributed by atoms with van der Waals surface area (Å²) in [4.78, 5) is 13.3. The van der Waals surface area contributed by atoms with Gasteiger partial charge in [-0.2, -0.15) is 0 Å².